The Hall–Kier alpha value is 0.190. The van der Waals surface area contributed by atoms with Crippen LogP contribution >= 0.6 is 15.9 Å². The number of quaternary nitrogens is 1. The second kappa shape index (κ2) is 15.7. The Morgan fingerprint density at radius 3 is 1.87 bits per heavy atom. The summed E-state index contributed by atoms with van der Waals surface area (Å²) >= 11 is 3.47. The third kappa shape index (κ3) is 16.8. The summed E-state index contributed by atoms with van der Waals surface area (Å²) in [7, 11) is 7.85. The van der Waals surface area contributed by atoms with Crippen LogP contribution in [0.25, 0.3) is 0 Å². The lowest BCUT2D eigenvalue weighted by atomic mass is 10.1. The van der Waals surface area contributed by atoms with Gasteiger partial charge in [-0.25, -0.2) is 4.79 Å². The quantitative estimate of drug-likeness (QED) is 0.236. The van der Waals surface area contributed by atoms with Crippen LogP contribution in [0.3, 0.4) is 0 Å². The Balaban J connectivity index is 0. The first-order chi connectivity index (χ1) is 10.4. The van der Waals surface area contributed by atoms with Crippen LogP contribution in [0.15, 0.2) is 0 Å². The number of alkyl halides is 1. The maximum Gasteiger partial charge on any atom is 0.409 e. The van der Waals surface area contributed by atoms with E-state index in [1.807, 2.05) is 0 Å². The number of hydrogen-bond acceptors (Lipinski definition) is 2. The fraction of sp³-hybridized carbons (Fsp3) is 0.941. The highest BCUT2D eigenvalue weighted by atomic mass is 79.9. The van der Waals surface area contributed by atoms with Crippen molar-refractivity contribution in [1.29, 1.82) is 0 Å². The number of nitrogens with zero attached hydrogens (tertiary/aromatic N) is 2. The third-order valence-electron chi connectivity index (χ3n) is 3.93. The fourth-order valence-corrected chi connectivity index (χ4v) is 2.71. The first-order valence-electron chi connectivity index (χ1n) is 8.61. The molecule has 6 heteroatoms. The van der Waals surface area contributed by atoms with E-state index in [0.717, 1.165) is 22.9 Å². The number of amides is 1. The molecule has 0 aliphatic heterocycles. The first kappa shape index (κ1) is 25.4. The molecule has 0 aliphatic rings. The van der Waals surface area contributed by atoms with Crippen LogP contribution in [0, 0.1) is 0 Å². The standard InChI is InChI=1S/C17H36BrN2O2.BrH/c1-19(2)17(21)22-16-15-20(3,4)14-12-10-8-6-5-7-9-11-13-18;/h5-16H2,1-4H3;1H/q+1;/p-1. The predicted octanol–water partition coefficient (Wildman–Crippen LogP) is 1.28. The molecule has 0 bridgehead atoms. The number of halogens is 2. The SMILES string of the molecule is CN(C)C(=O)OCC[N+](C)(C)CCCCCCCCCCBr.[Br-]. The van der Waals surface area contributed by atoms with E-state index in [4.69, 9.17) is 4.74 Å². The number of likely N-dealkylation sites (N-methyl/N-ethyl adjacent to an activating group) is 1. The van der Waals surface area contributed by atoms with Gasteiger partial charge in [0.25, 0.3) is 0 Å². The normalized spacial score (nSPS) is 11.0. The van der Waals surface area contributed by atoms with Gasteiger partial charge >= 0.3 is 6.09 Å². The molecule has 0 atom stereocenters. The van der Waals surface area contributed by atoms with Gasteiger partial charge in [-0.15, -0.1) is 0 Å². The average Bonchev–Trinajstić information content (AvgIpc) is 2.45. The largest absolute Gasteiger partial charge is 1.00 e. The molecular weight excluding hydrogens is 424 g/mol. The van der Waals surface area contributed by atoms with Crippen LogP contribution in [0.4, 0.5) is 4.79 Å². The van der Waals surface area contributed by atoms with Crippen molar-refractivity contribution in [3.63, 3.8) is 0 Å². The maximum absolute atomic E-state index is 11.3. The molecule has 0 heterocycles. The summed E-state index contributed by atoms with van der Waals surface area (Å²) in [5, 5.41) is 1.14. The van der Waals surface area contributed by atoms with Gasteiger partial charge in [-0.05, 0) is 19.3 Å². The fourth-order valence-electron chi connectivity index (χ4n) is 2.32. The summed E-state index contributed by atoms with van der Waals surface area (Å²) in [5.74, 6) is 0. The third-order valence-corrected chi connectivity index (χ3v) is 4.50. The van der Waals surface area contributed by atoms with E-state index < -0.39 is 0 Å². The minimum absolute atomic E-state index is 0. The molecule has 0 aromatic rings. The van der Waals surface area contributed by atoms with Gasteiger partial charge < -0.3 is 31.1 Å². The van der Waals surface area contributed by atoms with Crippen LogP contribution in [-0.2, 0) is 4.74 Å². The molecule has 0 saturated carbocycles. The van der Waals surface area contributed by atoms with E-state index in [9.17, 15) is 4.79 Å². The van der Waals surface area contributed by atoms with Gasteiger partial charge in [-0.1, -0.05) is 48.0 Å². The minimum Gasteiger partial charge on any atom is -1.00 e. The van der Waals surface area contributed by atoms with E-state index in [1.54, 1.807) is 14.1 Å². The molecule has 4 nitrogen and oxygen atoms in total. The Bertz CT molecular complexity index is 288. The number of hydrogen-bond donors (Lipinski definition) is 0. The first-order valence-corrected chi connectivity index (χ1v) is 9.73. The van der Waals surface area contributed by atoms with Gasteiger partial charge in [0.1, 0.15) is 13.2 Å². The van der Waals surface area contributed by atoms with Gasteiger partial charge in [0.2, 0.25) is 0 Å². The van der Waals surface area contributed by atoms with Crippen molar-refractivity contribution < 1.29 is 31.0 Å². The van der Waals surface area contributed by atoms with Crippen molar-refractivity contribution in [3.8, 4) is 0 Å². The molecule has 140 valence electrons. The number of rotatable bonds is 13. The lowest BCUT2D eigenvalue weighted by Crippen LogP contribution is -3.00. The van der Waals surface area contributed by atoms with Crippen LogP contribution in [0.5, 0.6) is 0 Å². The minimum atomic E-state index is -0.250. The van der Waals surface area contributed by atoms with E-state index in [1.165, 1.54) is 56.3 Å². The summed E-state index contributed by atoms with van der Waals surface area (Å²) in [4.78, 5) is 12.8. The van der Waals surface area contributed by atoms with Crippen molar-refractivity contribution in [1.82, 2.24) is 4.90 Å². The summed E-state index contributed by atoms with van der Waals surface area (Å²) in [6.45, 7) is 2.53. The molecular formula is C17H36Br2N2O2. The maximum atomic E-state index is 11.3. The van der Waals surface area contributed by atoms with Crippen LogP contribution in [-0.4, -0.2) is 68.7 Å². The molecule has 0 aromatic carbocycles. The Morgan fingerprint density at radius 2 is 1.39 bits per heavy atom. The molecule has 0 unspecified atom stereocenters. The average molecular weight is 460 g/mol. The molecule has 1 amide bonds. The van der Waals surface area contributed by atoms with Gasteiger partial charge in [0, 0.05) is 19.4 Å². The molecule has 0 radical (unpaired) electrons. The lowest BCUT2D eigenvalue weighted by Gasteiger charge is -2.29. The number of unbranched alkanes of at least 4 members (excludes halogenated alkanes) is 7. The molecule has 0 aromatic heterocycles. The second-order valence-corrected chi connectivity index (χ2v) is 7.70. The topological polar surface area (TPSA) is 29.5 Å². The van der Waals surface area contributed by atoms with E-state index in [2.05, 4.69) is 30.0 Å². The van der Waals surface area contributed by atoms with Gasteiger partial charge in [0.15, 0.2) is 0 Å². The van der Waals surface area contributed by atoms with Crippen molar-refractivity contribution in [2.24, 2.45) is 0 Å². The summed E-state index contributed by atoms with van der Waals surface area (Å²) in [5.41, 5.74) is 0. The van der Waals surface area contributed by atoms with E-state index in [0.29, 0.717) is 6.61 Å². The van der Waals surface area contributed by atoms with Gasteiger partial charge in [-0.3, -0.25) is 0 Å². The van der Waals surface area contributed by atoms with Crippen molar-refractivity contribution in [2.75, 3.05) is 53.2 Å². The van der Waals surface area contributed by atoms with Gasteiger partial charge in [-0.2, -0.15) is 0 Å². The zero-order valence-corrected chi connectivity index (χ0v) is 18.6. The Morgan fingerprint density at radius 1 is 0.913 bits per heavy atom. The number of carbonyl (C=O) groups excluding carboxylic acids is 1. The molecule has 0 aliphatic carbocycles. The van der Waals surface area contributed by atoms with Crippen LogP contribution in [0.1, 0.15) is 51.4 Å². The Kier molecular flexibility index (Phi) is 17.4. The molecule has 0 fully saturated rings. The predicted molar refractivity (Wildman–Crippen MR) is 97.6 cm³/mol. The number of ether oxygens (including phenoxy) is 1. The zero-order valence-electron chi connectivity index (χ0n) is 15.5. The summed E-state index contributed by atoms with van der Waals surface area (Å²) < 4.78 is 6.12. The van der Waals surface area contributed by atoms with E-state index >= 15 is 0 Å². The Labute approximate surface area is 162 Å². The van der Waals surface area contributed by atoms with Crippen LogP contribution < -0.4 is 17.0 Å². The summed E-state index contributed by atoms with van der Waals surface area (Å²) in [6, 6.07) is 0. The molecule has 0 saturated heterocycles. The number of carbonyl (C=O) groups is 1. The molecule has 23 heavy (non-hydrogen) atoms. The monoisotopic (exact) mass is 458 g/mol. The van der Waals surface area contributed by atoms with Crippen molar-refractivity contribution >= 4 is 22.0 Å². The molecule has 0 N–H and O–H groups in total. The summed E-state index contributed by atoms with van der Waals surface area (Å²) in [6.07, 6.45) is 10.5. The molecule has 0 spiro atoms. The van der Waals surface area contributed by atoms with E-state index in [-0.39, 0.29) is 23.1 Å². The lowest BCUT2D eigenvalue weighted by molar-refractivity contribution is -0.890. The van der Waals surface area contributed by atoms with Crippen LogP contribution in [0.2, 0.25) is 0 Å². The molecule has 0 rings (SSSR count). The van der Waals surface area contributed by atoms with Gasteiger partial charge in [0.05, 0.1) is 20.6 Å². The second-order valence-electron chi connectivity index (χ2n) is 6.91. The van der Waals surface area contributed by atoms with Crippen molar-refractivity contribution in [2.45, 2.75) is 51.4 Å². The highest BCUT2D eigenvalue weighted by molar-refractivity contribution is 9.09. The zero-order chi connectivity index (χ0) is 16.8. The van der Waals surface area contributed by atoms with Crippen molar-refractivity contribution in [3.05, 3.63) is 0 Å². The highest BCUT2D eigenvalue weighted by Gasteiger charge is 2.15. The smallest absolute Gasteiger partial charge is 0.409 e. The highest BCUT2D eigenvalue weighted by Crippen LogP contribution is 2.10.